The largest absolute Gasteiger partial charge is 0.436 e. The summed E-state index contributed by atoms with van der Waals surface area (Å²) in [6, 6.07) is 20.6. The maximum absolute atomic E-state index is 12.3. The summed E-state index contributed by atoms with van der Waals surface area (Å²) in [6.45, 7) is 1.94. The van der Waals surface area contributed by atoms with Gasteiger partial charge in [0.25, 0.3) is 0 Å². The zero-order chi connectivity index (χ0) is 19.5. The third-order valence-corrected chi connectivity index (χ3v) is 4.59. The summed E-state index contributed by atoms with van der Waals surface area (Å²) in [5.41, 5.74) is 4.90. The fraction of sp³-hybridized carbons (Fsp3) is 0.0435. The number of carbonyl (C=O) groups excluding carboxylic acids is 1. The molecular weight excluding hydrogens is 372 g/mol. The van der Waals surface area contributed by atoms with Crippen molar-refractivity contribution in [2.75, 3.05) is 5.32 Å². The van der Waals surface area contributed by atoms with Gasteiger partial charge in [0.15, 0.2) is 5.58 Å². The van der Waals surface area contributed by atoms with Gasteiger partial charge in [-0.1, -0.05) is 41.9 Å². The molecule has 0 atom stereocenters. The van der Waals surface area contributed by atoms with Gasteiger partial charge in [-0.25, -0.2) is 4.98 Å². The van der Waals surface area contributed by atoms with Gasteiger partial charge < -0.3 is 9.73 Å². The van der Waals surface area contributed by atoms with Crippen LogP contribution in [0.1, 0.15) is 11.1 Å². The molecule has 1 heterocycles. The van der Waals surface area contributed by atoms with E-state index in [0.717, 1.165) is 27.8 Å². The van der Waals surface area contributed by atoms with Crippen LogP contribution < -0.4 is 5.32 Å². The first kappa shape index (κ1) is 18.0. The first-order valence-electron chi connectivity index (χ1n) is 8.80. The summed E-state index contributed by atoms with van der Waals surface area (Å²) >= 11 is 5.87. The molecule has 0 aliphatic rings. The highest BCUT2D eigenvalue weighted by Gasteiger charge is 2.10. The van der Waals surface area contributed by atoms with Crippen LogP contribution in [-0.4, -0.2) is 10.9 Å². The van der Waals surface area contributed by atoms with Crippen molar-refractivity contribution in [3.63, 3.8) is 0 Å². The Kier molecular flexibility index (Phi) is 4.96. The quantitative estimate of drug-likeness (QED) is 0.429. The minimum atomic E-state index is -0.215. The molecule has 4 rings (SSSR count). The number of hydrogen-bond donors (Lipinski definition) is 1. The second-order valence-corrected chi connectivity index (χ2v) is 6.83. The second-order valence-electron chi connectivity index (χ2n) is 6.39. The van der Waals surface area contributed by atoms with E-state index in [1.165, 1.54) is 6.08 Å². The van der Waals surface area contributed by atoms with Crippen molar-refractivity contribution in [3.8, 4) is 11.5 Å². The van der Waals surface area contributed by atoms with Gasteiger partial charge in [0, 0.05) is 22.3 Å². The normalized spacial score (nSPS) is 11.2. The number of nitrogens with one attached hydrogen (secondary N) is 1. The van der Waals surface area contributed by atoms with Crippen LogP contribution in [0.5, 0.6) is 0 Å². The van der Waals surface area contributed by atoms with E-state index >= 15 is 0 Å². The predicted molar refractivity (Wildman–Crippen MR) is 113 cm³/mol. The lowest BCUT2D eigenvalue weighted by Gasteiger charge is -2.08. The summed E-state index contributed by atoms with van der Waals surface area (Å²) in [7, 11) is 0. The van der Waals surface area contributed by atoms with Crippen molar-refractivity contribution in [3.05, 3.63) is 89.0 Å². The molecule has 0 aliphatic carbocycles. The smallest absolute Gasteiger partial charge is 0.248 e. The molecule has 1 N–H and O–H groups in total. The number of hydrogen-bond acceptors (Lipinski definition) is 3. The Balaban J connectivity index is 1.55. The molecule has 0 aliphatic heterocycles. The van der Waals surface area contributed by atoms with Gasteiger partial charge in [-0.15, -0.1) is 0 Å². The highest BCUT2D eigenvalue weighted by Crippen LogP contribution is 2.28. The van der Waals surface area contributed by atoms with Crippen LogP contribution in [0.25, 0.3) is 28.6 Å². The van der Waals surface area contributed by atoms with E-state index < -0.39 is 0 Å². The van der Waals surface area contributed by atoms with Gasteiger partial charge >= 0.3 is 0 Å². The van der Waals surface area contributed by atoms with E-state index in [-0.39, 0.29) is 5.91 Å². The van der Waals surface area contributed by atoms with Gasteiger partial charge in [-0.3, -0.25) is 4.79 Å². The highest BCUT2D eigenvalue weighted by atomic mass is 35.5. The number of fused-ring (bicyclic) bond motifs is 1. The molecule has 0 saturated heterocycles. The Morgan fingerprint density at radius 3 is 2.64 bits per heavy atom. The average molecular weight is 389 g/mol. The lowest BCUT2D eigenvalue weighted by Crippen LogP contribution is -2.09. The first-order chi connectivity index (χ1) is 13.6. The number of rotatable bonds is 4. The minimum Gasteiger partial charge on any atom is -0.436 e. The number of amides is 1. The lowest BCUT2D eigenvalue weighted by molar-refractivity contribution is -0.111. The van der Waals surface area contributed by atoms with Crippen LogP contribution >= 0.6 is 11.6 Å². The molecule has 5 heteroatoms. The van der Waals surface area contributed by atoms with Crippen molar-refractivity contribution in [2.45, 2.75) is 6.92 Å². The fourth-order valence-electron chi connectivity index (χ4n) is 2.81. The summed E-state index contributed by atoms with van der Waals surface area (Å²) < 4.78 is 5.82. The molecule has 0 saturated carbocycles. The number of halogens is 1. The number of oxazole rings is 1. The van der Waals surface area contributed by atoms with Gasteiger partial charge in [0.1, 0.15) is 5.52 Å². The SMILES string of the molecule is Cc1ccc(-c2nc3ccccc3o2)cc1NC(=O)C=Cc1ccc(Cl)cc1. The molecule has 4 aromatic rings. The Morgan fingerprint density at radius 2 is 1.86 bits per heavy atom. The lowest BCUT2D eigenvalue weighted by atomic mass is 10.1. The number of benzene rings is 3. The Labute approximate surface area is 167 Å². The summed E-state index contributed by atoms with van der Waals surface area (Å²) in [5.74, 6) is 0.307. The Bertz CT molecular complexity index is 1140. The summed E-state index contributed by atoms with van der Waals surface area (Å²) in [6.07, 6.45) is 3.24. The van der Waals surface area contributed by atoms with Crippen molar-refractivity contribution in [1.82, 2.24) is 4.98 Å². The number of aromatic nitrogens is 1. The molecule has 0 unspecified atom stereocenters. The average Bonchev–Trinajstić information content (AvgIpc) is 3.13. The third-order valence-electron chi connectivity index (χ3n) is 4.33. The molecule has 1 amide bonds. The predicted octanol–water partition coefficient (Wildman–Crippen LogP) is 6.11. The Hall–Kier alpha value is -3.37. The first-order valence-corrected chi connectivity index (χ1v) is 9.17. The molecule has 0 bridgehead atoms. The molecule has 1 aromatic heterocycles. The maximum atomic E-state index is 12.3. The molecule has 0 spiro atoms. The fourth-order valence-corrected chi connectivity index (χ4v) is 2.93. The molecule has 0 fully saturated rings. The topological polar surface area (TPSA) is 55.1 Å². The zero-order valence-electron chi connectivity index (χ0n) is 15.1. The van der Waals surface area contributed by atoms with Crippen molar-refractivity contribution < 1.29 is 9.21 Å². The molecule has 28 heavy (non-hydrogen) atoms. The van der Waals surface area contributed by atoms with Crippen LogP contribution in [0.2, 0.25) is 5.02 Å². The van der Waals surface area contributed by atoms with Crippen LogP contribution in [0, 0.1) is 6.92 Å². The molecule has 4 nitrogen and oxygen atoms in total. The van der Waals surface area contributed by atoms with Crippen molar-refractivity contribution in [1.29, 1.82) is 0 Å². The number of para-hydroxylation sites is 2. The van der Waals surface area contributed by atoms with E-state index in [4.69, 9.17) is 16.0 Å². The van der Waals surface area contributed by atoms with Gasteiger partial charge in [-0.05, 0) is 60.5 Å². The standard InChI is InChI=1S/C23H17ClN2O2/c1-15-6-10-17(23-26-19-4-2-3-5-21(19)28-23)14-20(15)25-22(27)13-9-16-7-11-18(24)12-8-16/h2-14H,1H3,(H,25,27). The van der Waals surface area contributed by atoms with Gasteiger partial charge in [0.2, 0.25) is 11.8 Å². The van der Waals surface area contributed by atoms with Crippen molar-refractivity contribution >= 4 is 40.4 Å². The van der Waals surface area contributed by atoms with Crippen LogP contribution in [0.3, 0.4) is 0 Å². The molecule has 0 radical (unpaired) electrons. The zero-order valence-corrected chi connectivity index (χ0v) is 15.9. The monoisotopic (exact) mass is 388 g/mol. The highest BCUT2D eigenvalue weighted by molar-refractivity contribution is 6.30. The van der Waals surface area contributed by atoms with Crippen LogP contribution in [-0.2, 0) is 4.79 Å². The van der Waals surface area contributed by atoms with Crippen LogP contribution in [0.15, 0.2) is 77.2 Å². The van der Waals surface area contributed by atoms with E-state index in [1.54, 1.807) is 18.2 Å². The summed E-state index contributed by atoms with van der Waals surface area (Å²) in [4.78, 5) is 16.8. The van der Waals surface area contributed by atoms with Crippen molar-refractivity contribution in [2.24, 2.45) is 0 Å². The number of anilines is 1. The number of aryl methyl sites for hydroxylation is 1. The van der Waals surface area contributed by atoms with E-state index in [9.17, 15) is 4.79 Å². The molecular formula is C23H17ClN2O2. The Morgan fingerprint density at radius 1 is 1.07 bits per heavy atom. The van der Waals surface area contributed by atoms with E-state index in [2.05, 4.69) is 10.3 Å². The van der Waals surface area contributed by atoms with E-state index in [0.29, 0.717) is 16.6 Å². The third kappa shape index (κ3) is 3.97. The van der Waals surface area contributed by atoms with Gasteiger partial charge in [-0.2, -0.15) is 0 Å². The molecule has 138 valence electrons. The van der Waals surface area contributed by atoms with E-state index in [1.807, 2.05) is 61.5 Å². The number of nitrogens with zero attached hydrogens (tertiary/aromatic N) is 1. The maximum Gasteiger partial charge on any atom is 0.248 e. The summed E-state index contributed by atoms with van der Waals surface area (Å²) in [5, 5.41) is 3.57. The number of carbonyl (C=O) groups is 1. The van der Waals surface area contributed by atoms with Crippen LogP contribution in [0.4, 0.5) is 5.69 Å². The second kappa shape index (κ2) is 7.71. The minimum absolute atomic E-state index is 0.215. The molecule has 3 aromatic carbocycles. The van der Waals surface area contributed by atoms with Gasteiger partial charge in [0.05, 0.1) is 0 Å².